The first kappa shape index (κ1) is 19.1. The molecule has 1 aliphatic rings. The summed E-state index contributed by atoms with van der Waals surface area (Å²) in [5, 5.41) is 4.89. The molecular formula is C26H24N4O. The van der Waals surface area contributed by atoms with Crippen molar-refractivity contribution in [3.63, 3.8) is 0 Å². The molecule has 3 aromatic carbocycles. The lowest BCUT2D eigenvalue weighted by Gasteiger charge is -2.35. The topological polar surface area (TPSA) is 42.6 Å². The number of rotatable bonds is 4. The molecule has 1 atom stereocenters. The van der Waals surface area contributed by atoms with Gasteiger partial charge in [-0.25, -0.2) is 9.67 Å². The molecule has 1 aliphatic heterocycles. The molecule has 31 heavy (non-hydrogen) atoms. The monoisotopic (exact) mass is 408 g/mol. The van der Waals surface area contributed by atoms with Crippen LogP contribution in [-0.2, 0) is 0 Å². The van der Waals surface area contributed by atoms with E-state index >= 15 is 0 Å². The Bertz CT molecular complexity index is 1230. The molecule has 0 radical (unpaired) electrons. The summed E-state index contributed by atoms with van der Waals surface area (Å²) >= 11 is 0. The lowest BCUT2D eigenvalue weighted by Crippen LogP contribution is -2.35. The van der Waals surface area contributed by atoms with E-state index in [1.807, 2.05) is 53.2 Å². The zero-order valence-electron chi connectivity index (χ0n) is 17.9. The third kappa shape index (κ3) is 3.28. The Labute approximate surface area is 182 Å². The first-order valence-corrected chi connectivity index (χ1v) is 10.3. The summed E-state index contributed by atoms with van der Waals surface area (Å²) in [6.45, 7) is 2.06. The first-order valence-electron chi connectivity index (χ1n) is 10.3. The van der Waals surface area contributed by atoms with E-state index in [1.165, 1.54) is 5.56 Å². The number of nitrogens with zero attached hydrogens (tertiary/aromatic N) is 4. The minimum Gasteiger partial charge on any atom is -0.497 e. The number of aryl methyl sites for hydroxylation is 1. The van der Waals surface area contributed by atoms with Crippen molar-refractivity contribution in [2.75, 3.05) is 14.2 Å². The SMILES string of the molecule is COc1ccc(C2c3c(C)nn(-c4ccccc4)c3N=C(c3ccccc3)N2C)cc1. The van der Waals surface area contributed by atoms with Gasteiger partial charge < -0.3 is 9.64 Å². The molecule has 4 aromatic rings. The van der Waals surface area contributed by atoms with Gasteiger partial charge >= 0.3 is 0 Å². The van der Waals surface area contributed by atoms with Crippen molar-refractivity contribution in [1.82, 2.24) is 14.7 Å². The van der Waals surface area contributed by atoms with Crippen LogP contribution in [0.25, 0.3) is 5.69 Å². The standard InChI is InChI=1S/C26H24N4O/c1-18-23-24(19-14-16-22(31-3)17-15-19)29(2)25(20-10-6-4-7-11-20)27-26(23)30(28-18)21-12-8-5-9-13-21/h4-17,24H,1-3H3. The molecule has 2 heterocycles. The van der Waals surface area contributed by atoms with Gasteiger partial charge in [-0.1, -0.05) is 60.7 Å². The number of aromatic nitrogens is 2. The summed E-state index contributed by atoms with van der Waals surface area (Å²) in [7, 11) is 3.79. The molecule has 0 aliphatic carbocycles. The van der Waals surface area contributed by atoms with Gasteiger partial charge in [0.2, 0.25) is 0 Å². The highest BCUT2D eigenvalue weighted by atomic mass is 16.5. The van der Waals surface area contributed by atoms with Crippen LogP contribution in [0.1, 0.15) is 28.4 Å². The highest BCUT2D eigenvalue weighted by Crippen LogP contribution is 2.42. The van der Waals surface area contributed by atoms with E-state index in [0.717, 1.165) is 39.9 Å². The molecule has 0 amide bonds. The normalized spacial score (nSPS) is 15.4. The highest BCUT2D eigenvalue weighted by Gasteiger charge is 2.34. The van der Waals surface area contributed by atoms with E-state index in [2.05, 4.69) is 55.3 Å². The van der Waals surface area contributed by atoms with Crippen LogP contribution in [0.3, 0.4) is 0 Å². The second-order valence-electron chi connectivity index (χ2n) is 7.66. The Balaban J connectivity index is 1.74. The Kier molecular flexibility index (Phi) is 4.79. The fraction of sp³-hybridized carbons (Fsp3) is 0.154. The number of methoxy groups -OCH3 is 1. The summed E-state index contributed by atoms with van der Waals surface area (Å²) < 4.78 is 7.33. The van der Waals surface area contributed by atoms with Crippen molar-refractivity contribution in [1.29, 1.82) is 0 Å². The Morgan fingerprint density at radius 3 is 2.13 bits per heavy atom. The Hall–Kier alpha value is -3.86. The van der Waals surface area contributed by atoms with Gasteiger partial charge in [0.25, 0.3) is 0 Å². The van der Waals surface area contributed by atoms with Gasteiger partial charge in [-0.2, -0.15) is 5.10 Å². The molecule has 0 spiro atoms. The second-order valence-corrected chi connectivity index (χ2v) is 7.66. The van der Waals surface area contributed by atoms with E-state index in [0.29, 0.717) is 0 Å². The third-order valence-corrected chi connectivity index (χ3v) is 5.75. The van der Waals surface area contributed by atoms with E-state index < -0.39 is 0 Å². The molecule has 5 nitrogen and oxygen atoms in total. The van der Waals surface area contributed by atoms with E-state index in [9.17, 15) is 0 Å². The molecule has 1 aromatic heterocycles. The van der Waals surface area contributed by atoms with Gasteiger partial charge in [-0.3, -0.25) is 0 Å². The van der Waals surface area contributed by atoms with Crippen LogP contribution in [-0.4, -0.2) is 34.7 Å². The van der Waals surface area contributed by atoms with Gasteiger partial charge in [0, 0.05) is 18.2 Å². The number of hydrogen-bond donors (Lipinski definition) is 0. The predicted octanol–water partition coefficient (Wildman–Crippen LogP) is 5.30. The van der Waals surface area contributed by atoms with Crippen molar-refractivity contribution in [2.24, 2.45) is 4.99 Å². The Morgan fingerprint density at radius 1 is 0.839 bits per heavy atom. The first-order chi connectivity index (χ1) is 15.2. The van der Waals surface area contributed by atoms with Crippen LogP contribution in [0.15, 0.2) is 89.9 Å². The molecule has 1 unspecified atom stereocenters. The maximum Gasteiger partial charge on any atom is 0.163 e. The van der Waals surface area contributed by atoms with Gasteiger partial charge in [0.1, 0.15) is 11.6 Å². The molecule has 5 rings (SSSR count). The van der Waals surface area contributed by atoms with Gasteiger partial charge in [-0.15, -0.1) is 0 Å². The smallest absolute Gasteiger partial charge is 0.163 e. The predicted molar refractivity (Wildman–Crippen MR) is 124 cm³/mol. The number of aliphatic imine (C=N–C) groups is 1. The maximum absolute atomic E-state index is 5.38. The summed E-state index contributed by atoms with van der Waals surface area (Å²) in [6.07, 6.45) is 0. The second kappa shape index (κ2) is 7.76. The third-order valence-electron chi connectivity index (χ3n) is 5.75. The van der Waals surface area contributed by atoms with Crippen LogP contribution in [0.5, 0.6) is 5.75 Å². The van der Waals surface area contributed by atoms with Crippen LogP contribution >= 0.6 is 0 Å². The quantitative estimate of drug-likeness (QED) is 0.460. The summed E-state index contributed by atoms with van der Waals surface area (Å²) in [5.74, 6) is 2.64. The molecule has 154 valence electrons. The van der Waals surface area contributed by atoms with Crippen LogP contribution in [0.4, 0.5) is 5.82 Å². The average Bonchev–Trinajstić information content (AvgIpc) is 3.16. The number of benzene rings is 3. The lowest BCUT2D eigenvalue weighted by molar-refractivity contribution is 0.409. The zero-order valence-corrected chi connectivity index (χ0v) is 17.9. The Morgan fingerprint density at radius 2 is 1.48 bits per heavy atom. The van der Waals surface area contributed by atoms with Crippen LogP contribution < -0.4 is 4.74 Å². The number of hydrogen-bond acceptors (Lipinski definition) is 4. The molecule has 0 saturated carbocycles. The maximum atomic E-state index is 5.38. The molecule has 5 heteroatoms. The van der Waals surface area contributed by atoms with Gasteiger partial charge in [-0.05, 0) is 36.8 Å². The van der Waals surface area contributed by atoms with Crippen LogP contribution in [0.2, 0.25) is 0 Å². The molecule has 0 bridgehead atoms. The van der Waals surface area contributed by atoms with Crippen molar-refractivity contribution >= 4 is 11.7 Å². The number of para-hydroxylation sites is 1. The fourth-order valence-corrected chi connectivity index (χ4v) is 4.23. The highest BCUT2D eigenvalue weighted by molar-refractivity contribution is 6.02. The summed E-state index contributed by atoms with van der Waals surface area (Å²) in [4.78, 5) is 7.36. The summed E-state index contributed by atoms with van der Waals surface area (Å²) in [6, 6.07) is 28.7. The molecule has 0 saturated heterocycles. The van der Waals surface area contributed by atoms with Crippen molar-refractivity contribution in [3.05, 3.63) is 107 Å². The van der Waals surface area contributed by atoms with E-state index in [-0.39, 0.29) is 6.04 Å². The largest absolute Gasteiger partial charge is 0.497 e. The molecule has 0 N–H and O–H groups in total. The minimum absolute atomic E-state index is 0.00826. The van der Waals surface area contributed by atoms with E-state index in [4.69, 9.17) is 14.8 Å². The minimum atomic E-state index is -0.00826. The number of ether oxygens (including phenoxy) is 1. The molecular weight excluding hydrogens is 384 g/mol. The van der Waals surface area contributed by atoms with Crippen molar-refractivity contribution < 1.29 is 4.74 Å². The van der Waals surface area contributed by atoms with Gasteiger partial charge in [0.15, 0.2) is 5.82 Å². The average molecular weight is 409 g/mol. The fourth-order valence-electron chi connectivity index (χ4n) is 4.23. The number of fused-ring (bicyclic) bond motifs is 1. The summed E-state index contributed by atoms with van der Waals surface area (Å²) in [5.41, 5.74) is 5.34. The number of amidine groups is 1. The molecule has 0 fully saturated rings. The van der Waals surface area contributed by atoms with E-state index in [1.54, 1.807) is 7.11 Å². The van der Waals surface area contributed by atoms with Crippen molar-refractivity contribution in [3.8, 4) is 11.4 Å². The lowest BCUT2D eigenvalue weighted by atomic mass is 9.94. The van der Waals surface area contributed by atoms with Crippen LogP contribution in [0, 0.1) is 6.92 Å². The van der Waals surface area contributed by atoms with Gasteiger partial charge in [0.05, 0.1) is 24.5 Å². The van der Waals surface area contributed by atoms with Crippen molar-refractivity contribution in [2.45, 2.75) is 13.0 Å². The zero-order chi connectivity index (χ0) is 21.4.